The van der Waals surface area contributed by atoms with Crippen LogP contribution < -0.4 is 4.74 Å². The van der Waals surface area contributed by atoms with Gasteiger partial charge in [0.25, 0.3) is 5.91 Å². The molecule has 3 fully saturated rings. The van der Waals surface area contributed by atoms with Crippen LogP contribution in [0.25, 0.3) is 10.6 Å². The van der Waals surface area contributed by atoms with Crippen LogP contribution in [0.15, 0.2) is 48.7 Å². The Labute approximate surface area is 184 Å². The Balaban J connectivity index is 1.43. The van der Waals surface area contributed by atoms with Gasteiger partial charge in [0.2, 0.25) is 0 Å². The number of piperidine rings is 2. The number of carbonyl (C=O) groups excluding carboxylic acids is 1. The molecule has 1 aliphatic carbocycles. The van der Waals surface area contributed by atoms with Crippen LogP contribution in [0.5, 0.6) is 5.75 Å². The average Bonchev–Trinajstić information content (AvgIpc) is 3.14. The lowest BCUT2D eigenvalue weighted by Gasteiger charge is -2.57. The van der Waals surface area contributed by atoms with Crippen molar-refractivity contribution >= 4 is 17.2 Å². The number of fused-ring (bicyclic) bond motifs is 2. The summed E-state index contributed by atoms with van der Waals surface area (Å²) in [5.74, 6) is 1.21. The minimum atomic E-state index is -0.294. The Hall–Kier alpha value is -2.80. The van der Waals surface area contributed by atoms with Crippen LogP contribution in [0.1, 0.15) is 35.3 Å². The van der Waals surface area contributed by atoms with Gasteiger partial charge in [-0.05, 0) is 68.0 Å². The quantitative estimate of drug-likeness (QED) is 0.566. The molecule has 0 unspecified atom stereocenters. The largest absolute Gasteiger partial charge is 0.491 e. The number of nitrogens with zero attached hydrogens (tertiary/aromatic N) is 3. The molecule has 6 rings (SSSR count). The number of benzene rings is 1. The zero-order chi connectivity index (χ0) is 21.5. The molecule has 3 aliphatic rings. The monoisotopic (exact) mass is 437 g/mol. The highest BCUT2D eigenvalue weighted by atomic mass is 32.1. The molecule has 0 spiro atoms. The van der Waals surface area contributed by atoms with Gasteiger partial charge < -0.3 is 9.64 Å². The van der Waals surface area contributed by atoms with E-state index in [0.717, 1.165) is 28.4 Å². The molecule has 160 valence electrons. The average molecular weight is 438 g/mol. The summed E-state index contributed by atoms with van der Waals surface area (Å²) in [7, 11) is 0. The molecule has 2 aromatic heterocycles. The standard InChI is InChI=1S/C24H24FN3O2S/c1-14-16-11-18(12-16)28(21(14)13-30-19-8-6-17(25)7-9-19)24(29)22-23(31-15(2)27-22)20-5-3-4-10-26-20/h3-10,14,16,18,21H,11-13H2,1-2H3/t14-,16?,18?,21+/m1/s1. The summed E-state index contributed by atoms with van der Waals surface area (Å²) in [6, 6.07) is 11.9. The van der Waals surface area contributed by atoms with Crippen molar-refractivity contribution in [1.29, 1.82) is 0 Å². The van der Waals surface area contributed by atoms with Crippen molar-refractivity contribution in [3.05, 3.63) is 65.2 Å². The maximum atomic E-state index is 13.8. The van der Waals surface area contributed by atoms with Gasteiger partial charge in [-0.1, -0.05) is 13.0 Å². The van der Waals surface area contributed by atoms with E-state index in [1.54, 1.807) is 18.3 Å². The van der Waals surface area contributed by atoms with Crippen molar-refractivity contribution in [2.45, 2.75) is 38.8 Å². The van der Waals surface area contributed by atoms with Crippen molar-refractivity contribution in [2.24, 2.45) is 11.8 Å². The predicted molar refractivity (Wildman–Crippen MR) is 118 cm³/mol. The van der Waals surface area contributed by atoms with Crippen LogP contribution in [0.3, 0.4) is 0 Å². The molecular weight excluding hydrogens is 413 g/mol. The van der Waals surface area contributed by atoms with Crippen LogP contribution >= 0.6 is 11.3 Å². The Morgan fingerprint density at radius 2 is 2.00 bits per heavy atom. The van der Waals surface area contributed by atoms with E-state index in [1.165, 1.54) is 23.5 Å². The maximum absolute atomic E-state index is 13.8. The SMILES string of the molecule is Cc1nc(C(=O)N2C3CC(C3)[C@@H](C)[C@@H]2COc2ccc(F)cc2)c(-c2ccccn2)s1. The summed E-state index contributed by atoms with van der Waals surface area (Å²) in [6.45, 7) is 4.50. The number of amides is 1. The van der Waals surface area contributed by atoms with Gasteiger partial charge in [-0.25, -0.2) is 9.37 Å². The molecule has 7 heteroatoms. The molecule has 1 aromatic carbocycles. The second-order valence-corrected chi connectivity index (χ2v) is 9.62. The van der Waals surface area contributed by atoms with E-state index in [1.807, 2.05) is 30.0 Å². The molecule has 2 saturated heterocycles. The fraction of sp³-hybridized carbons (Fsp3) is 0.375. The minimum Gasteiger partial charge on any atom is -0.491 e. The van der Waals surface area contributed by atoms with Gasteiger partial charge in [0.05, 0.1) is 21.6 Å². The van der Waals surface area contributed by atoms with Gasteiger partial charge in [-0.15, -0.1) is 11.3 Å². The fourth-order valence-electron chi connectivity index (χ4n) is 4.75. The van der Waals surface area contributed by atoms with Crippen LogP contribution in [0.2, 0.25) is 0 Å². The van der Waals surface area contributed by atoms with Gasteiger partial charge in [0.15, 0.2) is 0 Å². The number of hydrogen-bond acceptors (Lipinski definition) is 5. The van der Waals surface area contributed by atoms with Crippen LogP contribution in [0, 0.1) is 24.6 Å². The number of rotatable bonds is 5. The summed E-state index contributed by atoms with van der Waals surface area (Å²) in [6.07, 6.45) is 3.79. The zero-order valence-electron chi connectivity index (χ0n) is 17.5. The third kappa shape index (κ3) is 3.71. The highest BCUT2D eigenvalue weighted by Crippen LogP contribution is 2.47. The number of halogens is 1. The predicted octanol–water partition coefficient (Wildman–Crippen LogP) is 4.97. The molecule has 5 nitrogen and oxygen atoms in total. The van der Waals surface area contributed by atoms with E-state index in [0.29, 0.717) is 29.9 Å². The molecule has 2 bridgehead atoms. The molecule has 1 saturated carbocycles. The molecule has 31 heavy (non-hydrogen) atoms. The van der Waals surface area contributed by atoms with Crippen molar-refractivity contribution in [3.63, 3.8) is 0 Å². The maximum Gasteiger partial charge on any atom is 0.274 e. The van der Waals surface area contributed by atoms with Crippen LogP contribution in [-0.4, -0.2) is 39.5 Å². The smallest absolute Gasteiger partial charge is 0.274 e. The molecular formula is C24H24FN3O2S. The highest BCUT2D eigenvalue weighted by molar-refractivity contribution is 7.15. The first-order valence-corrected chi connectivity index (χ1v) is 11.4. The lowest BCUT2D eigenvalue weighted by molar-refractivity contribution is -0.0672. The van der Waals surface area contributed by atoms with E-state index >= 15 is 0 Å². The Kier molecular flexibility index (Phi) is 5.22. The van der Waals surface area contributed by atoms with Crippen molar-refractivity contribution in [3.8, 4) is 16.3 Å². The molecule has 3 aromatic rings. The fourth-order valence-corrected chi connectivity index (χ4v) is 5.64. The number of carbonyl (C=O) groups is 1. The van der Waals surface area contributed by atoms with Crippen molar-refractivity contribution < 1.29 is 13.9 Å². The van der Waals surface area contributed by atoms with Crippen LogP contribution in [-0.2, 0) is 0 Å². The summed E-state index contributed by atoms with van der Waals surface area (Å²) < 4.78 is 19.2. The number of aryl methyl sites for hydroxylation is 1. The van der Waals surface area contributed by atoms with E-state index < -0.39 is 0 Å². The molecule has 0 N–H and O–H groups in total. The zero-order valence-corrected chi connectivity index (χ0v) is 18.3. The molecule has 2 aliphatic heterocycles. The molecule has 0 radical (unpaired) electrons. The Morgan fingerprint density at radius 1 is 1.23 bits per heavy atom. The van der Waals surface area contributed by atoms with Crippen LogP contribution in [0.4, 0.5) is 4.39 Å². The van der Waals surface area contributed by atoms with Crippen molar-refractivity contribution in [1.82, 2.24) is 14.9 Å². The molecule has 2 atom stereocenters. The summed E-state index contributed by atoms with van der Waals surface area (Å²) in [4.78, 5) is 25.6. The van der Waals surface area contributed by atoms with Gasteiger partial charge in [0.1, 0.15) is 23.9 Å². The van der Waals surface area contributed by atoms with E-state index in [9.17, 15) is 9.18 Å². The third-order valence-corrected chi connectivity index (χ3v) is 7.55. The first-order valence-electron chi connectivity index (χ1n) is 10.6. The number of ether oxygens (including phenoxy) is 1. The van der Waals surface area contributed by atoms with Crippen molar-refractivity contribution in [2.75, 3.05) is 6.61 Å². The highest BCUT2D eigenvalue weighted by Gasteiger charge is 2.51. The Bertz CT molecular complexity index is 1080. The topological polar surface area (TPSA) is 55.3 Å². The number of pyridine rings is 1. The van der Waals surface area contributed by atoms with Gasteiger partial charge in [-0.2, -0.15) is 0 Å². The van der Waals surface area contributed by atoms with Gasteiger partial charge in [-0.3, -0.25) is 9.78 Å². The number of thiazole rings is 1. The second kappa shape index (κ2) is 8.04. The summed E-state index contributed by atoms with van der Waals surface area (Å²) in [5, 5.41) is 0.847. The lowest BCUT2D eigenvalue weighted by atomic mass is 9.64. The number of aromatic nitrogens is 2. The summed E-state index contributed by atoms with van der Waals surface area (Å²) in [5.41, 5.74) is 1.25. The third-order valence-electron chi connectivity index (χ3n) is 6.55. The first kappa shape index (κ1) is 20.1. The second-order valence-electron chi connectivity index (χ2n) is 8.41. The van der Waals surface area contributed by atoms with E-state index in [-0.39, 0.29) is 23.8 Å². The molecule has 4 heterocycles. The van der Waals surface area contributed by atoms with E-state index in [4.69, 9.17) is 4.74 Å². The normalized spacial score (nSPS) is 24.5. The van der Waals surface area contributed by atoms with E-state index in [2.05, 4.69) is 16.9 Å². The first-order chi connectivity index (χ1) is 15.0. The van der Waals surface area contributed by atoms with Gasteiger partial charge >= 0.3 is 0 Å². The number of hydrogen-bond donors (Lipinski definition) is 0. The molecule has 1 amide bonds. The minimum absolute atomic E-state index is 0.0476. The Morgan fingerprint density at radius 3 is 2.71 bits per heavy atom. The summed E-state index contributed by atoms with van der Waals surface area (Å²) >= 11 is 1.50. The van der Waals surface area contributed by atoms with Gasteiger partial charge in [0, 0.05) is 12.2 Å². The lowest BCUT2D eigenvalue weighted by Crippen LogP contribution is -2.64.